The van der Waals surface area contributed by atoms with Gasteiger partial charge in [-0.3, -0.25) is 0 Å². The van der Waals surface area contributed by atoms with Crippen LogP contribution in [-0.4, -0.2) is 19.2 Å². The Kier molecular flexibility index (Phi) is 4.76. The SMILES string of the molecule is O=C(NCCc1ccc(F)cc1)NC1CCOc2ccccc21. The molecule has 3 rings (SSSR count). The fourth-order valence-electron chi connectivity index (χ4n) is 2.67. The number of hydrogen-bond acceptors (Lipinski definition) is 2. The standard InChI is InChI=1S/C18H19FN2O2/c19-14-7-5-13(6-8-14)9-11-20-18(22)21-16-10-12-23-17-4-2-1-3-15(16)17/h1-8,16H,9-12H2,(H2,20,21,22). The first-order chi connectivity index (χ1) is 11.2. The molecule has 0 aliphatic carbocycles. The van der Waals surface area contributed by atoms with E-state index in [-0.39, 0.29) is 17.9 Å². The van der Waals surface area contributed by atoms with Crippen molar-refractivity contribution in [3.8, 4) is 5.75 Å². The molecule has 1 unspecified atom stereocenters. The van der Waals surface area contributed by atoms with Gasteiger partial charge in [0.15, 0.2) is 0 Å². The van der Waals surface area contributed by atoms with Crippen molar-refractivity contribution in [2.45, 2.75) is 18.9 Å². The molecule has 0 spiro atoms. The van der Waals surface area contributed by atoms with E-state index in [1.54, 1.807) is 12.1 Å². The first-order valence-corrected chi connectivity index (χ1v) is 7.73. The fourth-order valence-corrected chi connectivity index (χ4v) is 2.67. The summed E-state index contributed by atoms with van der Waals surface area (Å²) < 4.78 is 18.4. The summed E-state index contributed by atoms with van der Waals surface area (Å²) >= 11 is 0. The van der Waals surface area contributed by atoms with E-state index in [0.717, 1.165) is 23.3 Å². The van der Waals surface area contributed by atoms with Crippen LogP contribution in [0.5, 0.6) is 5.75 Å². The number of urea groups is 1. The Balaban J connectivity index is 1.49. The lowest BCUT2D eigenvalue weighted by atomic mass is 10.0. The molecule has 2 N–H and O–H groups in total. The molecule has 0 fully saturated rings. The topological polar surface area (TPSA) is 50.4 Å². The third-order valence-corrected chi connectivity index (χ3v) is 3.88. The smallest absolute Gasteiger partial charge is 0.315 e. The van der Waals surface area contributed by atoms with Gasteiger partial charge in [0, 0.05) is 18.5 Å². The lowest BCUT2D eigenvalue weighted by Gasteiger charge is -2.26. The number of carbonyl (C=O) groups excluding carboxylic acids is 1. The maximum absolute atomic E-state index is 12.8. The van der Waals surface area contributed by atoms with Crippen LogP contribution in [0.25, 0.3) is 0 Å². The van der Waals surface area contributed by atoms with Gasteiger partial charge in [0.1, 0.15) is 11.6 Å². The maximum atomic E-state index is 12.8. The minimum atomic E-state index is -0.252. The van der Waals surface area contributed by atoms with Crippen molar-refractivity contribution in [1.29, 1.82) is 0 Å². The van der Waals surface area contributed by atoms with Crippen molar-refractivity contribution in [1.82, 2.24) is 10.6 Å². The first-order valence-electron chi connectivity index (χ1n) is 7.73. The molecule has 120 valence electrons. The van der Waals surface area contributed by atoms with Crippen molar-refractivity contribution in [2.75, 3.05) is 13.2 Å². The molecule has 4 nitrogen and oxygen atoms in total. The Morgan fingerprint density at radius 3 is 2.78 bits per heavy atom. The van der Waals surface area contributed by atoms with Gasteiger partial charge >= 0.3 is 6.03 Å². The highest BCUT2D eigenvalue weighted by molar-refractivity contribution is 5.74. The molecule has 2 aromatic rings. The number of para-hydroxylation sites is 1. The van der Waals surface area contributed by atoms with E-state index >= 15 is 0 Å². The molecule has 5 heteroatoms. The maximum Gasteiger partial charge on any atom is 0.315 e. The van der Waals surface area contributed by atoms with Crippen molar-refractivity contribution < 1.29 is 13.9 Å². The normalized spacial score (nSPS) is 16.1. The number of hydrogen-bond donors (Lipinski definition) is 2. The van der Waals surface area contributed by atoms with Crippen molar-refractivity contribution in [3.05, 3.63) is 65.5 Å². The molecule has 2 amide bonds. The average molecular weight is 314 g/mol. The van der Waals surface area contributed by atoms with Crippen molar-refractivity contribution in [3.63, 3.8) is 0 Å². The van der Waals surface area contributed by atoms with Crippen LogP contribution in [0.1, 0.15) is 23.6 Å². The Morgan fingerprint density at radius 1 is 1.17 bits per heavy atom. The minimum absolute atomic E-state index is 0.0363. The Morgan fingerprint density at radius 2 is 1.96 bits per heavy atom. The number of fused-ring (bicyclic) bond motifs is 1. The summed E-state index contributed by atoms with van der Waals surface area (Å²) in [5, 5.41) is 5.82. The van der Waals surface area contributed by atoms with E-state index in [9.17, 15) is 9.18 Å². The number of nitrogens with one attached hydrogen (secondary N) is 2. The highest BCUT2D eigenvalue weighted by atomic mass is 19.1. The molecule has 1 heterocycles. The van der Waals surface area contributed by atoms with E-state index < -0.39 is 0 Å². The van der Waals surface area contributed by atoms with E-state index in [2.05, 4.69) is 10.6 Å². The summed E-state index contributed by atoms with van der Waals surface area (Å²) in [6, 6.07) is 13.8. The van der Waals surface area contributed by atoms with Gasteiger partial charge in [-0.15, -0.1) is 0 Å². The molecule has 1 aliphatic heterocycles. The number of halogens is 1. The van der Waals surface area contributed by atoms with Gasteiger partial charge in [0.2, 0.25) is 0 Å². The van der Waals surface area contributed by atoms with Crippen LogP contribution >= 0.6 is 0 Å². The van der Waals surface area contributed by atoms with E-state index in [4.69, 9.17) is 4.74 Å². The summed E-state index contributed by atoms with van der Waals surface area (Å²) in [6.07, 6.45) is 1.42. The zero-order chi connectivity index (χ0) is 16.1. The van der Waals surface area contributed by atoms with Gasteiger partial charge < -0.3 is 15.4 Å². The monoisotopic (exact) mass is 314 g/mol. The van der Waals surface area contributed by atoms with E-state index in [1.807, 2.05) is 24.3 Å². The van der Waals surface area contributed by atoms with Gasteiger partial charge in [-0.2, -0.15) is 0 Å². The molecule has 0 bridgehead atoms. The molecule has 23 heavy (non-hydrogen) atoms. The third-order valence-electron chi connectivity index (χ3n) is 3.88. The highest BCUT2D eigenvalue weighted by Crippen LogP contribution is 2.31. The molecule has 1 aliphatic rings. The van der Waals surface area contributed by atoms with E-state index in [0.29, 0.717) is 19.6 Å². The molecule has 0 radical (unpaired) electrons. The van der Waals surface area contributed by atoms with Gasteiger partial charge in [0.25, 0.3) is 0 Å². The van der Waals surface area contributed by atoms with Gasteiger partial charge in [-0.25, -0.2) is 9.18 Å². The third kappa shape index (κ3) is 4.00. The fraction of sp³-hybridized carbons (Fsp3) is 0.278. The second kappa shape index (κ2) is 7.13. The molecule has 0 saturated heterocycles. The van der Waals surface area contributed by atoms with Gasteiger partial charge in [-0.05, 0) is 30.2 Å². The molecular weight excluding hydrogens is 295 g/mol. The predicted octanol–water partition coefficient (Wildman–Crippen LogP) is 3.19. The quantitative estimate of drug-likeness (QED) is 0.910. The van der Waals surface area contributed by atoms with Crippen LogP contribution in [0.3, 0.4) is 0 Å². The molecule has 1 atom stereocenters. The number of rotatable bonds is 4. The van der Waals surface area contributed by atoms with Crippen LogP contribution < -0.4 is 15.4 Å². The van der Waals surface area contributed by atoms with Crippen LogP contribution in [0, 0.1) is 5.82 Å². The Hall–Kier alpha value is -2.56. The zero-order valence-corrected chi connectivity index (χ0v) is 12.7. The Labute approximate surface area is 134 Å². The lowest BCUT2D eigenvalue weighted by Crippen LogP contribution is -2.40. The lowest BCUT2D eigenvalue weighted by molar-refractivity contribution is 0.223. The molecular formula is C18H19FN2O2. The highest BCUT2D eigenvalue weighted by Gasteiger charge is 2.22. The van der Waals surface area contributed by atoms with Crippen LogP contribution in [0.4, 0.5) is 9.18 Å². The predicted molar refractivity (Wildman–Crippen MR) is 85.9 cm³/mol. The number of benzene rings is 2. The second-order valence-corrected chi connectivity index (χ2v) is 5.50. The number of amides is 2. The second-order valence-electron chi connectivity index (χ2n) is 5.50. The van der Waals surface area contributed by atoms with Crippen molar-refractivity contribution in [2.24, 2.45) is 0 Å². The summed E-state index contributed by atoms with van der Waals surface area (Å²) in [6.45, 7) is 1.10. The van der Waals surface area contributed by atoms with Crippen LogP contribution in [0.15, 0.2) is 48.5 Å². The number of carbonyl (C=O) groups is 1. The minimum Gasteiger partial charge on any atom is -0.493 e. The first kappa shape index (κ1) is 15.3. The largest absolute Gasteiger partial charge is 0.493 e. The zero-order valence-electron chi connectivity index (χ0n) is 12.7. The summed E-state index contributed by atoms with van der Waals surface area (Å²) in [4.78, 5) is 12.0. The van der Waals surface area contributed by atoms with E-state index in [1.165, 1.54) is 12.1 Å². The Bertz CT molecular complexity index is 673. The summed E-state index contributed by atoms with van der Waals surface area (Å²) in [5.41, 5.74) is 2.00. The van der Waals surface area contributed by atoms with Crippen LogP contribution in [0.2, 0.25) is 0 Å². The summed E-state index contributed by atoms with van der Waals surface area (Å²) in [7, 11) is 0. The molecule has 2 aromatic carbocycles. The van der Waals surface area contributed by atoms with Crippen LogP contribution in [-0.2, 0) is 6.42 Å². The van der Waals surface area contributed by atoms with Gasteiger partial charge in [-0.1, -0.05) is 30.3 Å². The molecule has 0 aromatic heterocycles. The van der Waals surface area contributed by atoms with Gasteiger partial charge in [0.05, 0.1) is 12.6 Å². The summed E-state index contributed by atoms with van der Waals surface area (Å²) in [5.74, 6) is 0.577. The average Bonchev–Trinajstić information content (AvgIpc) is 2.57. The number of ether oxygens (including phenoxy) is 1. The van der Waals surface area contributed by atoms with Crippen molar-refractivity contribution >= 4 is 6.03 Å². The molecule has 0 saturated carbocycles.